The van der Waals surface area contributed by atoms with Crippen molar-refractivity contribution >= 4 is 12.0 Å². The van der Waals surface area contributed by atoms with Crippen LogP contribution in [0.4, 0.5) is 13.6 Å². The van der Waals surface area contributed by atoms with Crippen LogP contribution in [0.15, 0.2) is 48.5 Å². The van der Waals surface area contributed by atoms with Crippen molar-refractivity contribution in [3.63, 3.8) is 0 Å². The Bertz CT molecular complexity index is 914. The van der Waals surface area contributed by atoms with Gasteiger partial charge in [-0.25, -0.2) is 18.5 Å². The van der Waals surface area contributed by atoms with Gasteiger partial charge in [-0.15, -0.1) is 0 Å². The molecule has 4 rings (SSSR count). The maximum absolute atomic E-state index is 14.3. The molecular formula is C21H19F2NO4. The van der Waals surface area contributed by atoms with Crippen LogP contribution in [0.25, 0.3) is 0 Å². The van der Waals surface area contributed by atoms with Crippen LogP contribution in [-0.2, 0) is 26.3 Å². The average molecular weight is 387 g/mol. The summed E-state index contributed by atoms with van der Waals surface area (Å²) in [5.41, 5.74) is -0.325. The van der Waals surface area contributed by atoms with E-state index in [9.17, 15) is 18.4 Å². The highest BCUT2D eigenvalue weighted by molar-refractivity contribution is 5.95. The Kier molecular flexibility index (Phi) is 4.63. The largest absolute Gasteiger partial charge is 0.447 e. The molecule has 2 heterocycles. The maximum Gasteiger partial charge on any atom is 0.416 e. The molecule has 0 N–H and O–H groups in total. The van der Waals surface area contributed by atoms with Crippen LogP contribution < -0.4 is 0 Å². The van der Waals surface area contributed by atoms with Gasteiger partial charge in [0.15, 0.2) is 0 Å². The van der Waals surface area contributed by atoms with Crippen LogP contribution in [0.1, 0.15) is 18.1 Å². The van der Waals surface area contributed by atoms with Gasteiger partial charge in [-0.1, -0.05) is 37.3 Å². The second-order valence-corrected chi connectivity index (χ2v) is 7.15. The van der Waals surface area contributed by atoms with Crippen LogP contribution >= 0.6 is 0 Å². The Morgan fingerprint density at radius 1 is 1.25 bits per heavy atom. The first kappa shape index (κ1) is 18.6. The third-order valence-corrected chi connectivity index (χ3v) is 5.42. The Balaban J connectivity index is 1.58. The molecule has 146 valence electrons. The highest BCUT2D eigenvalue weighted by atomic mass is 19.1. The lowest BCUT2D eigenvalue weighted by Gasteiger charge is -2.26. The van der Waals surface area contributed by atoms with Crippen molar-refractivity contribution in [1.29, 1.82) is 0 Å². The molecule has 5 nitrogen and oxygen atoms in total. The lowest BCUT2D eigenvalue weighted by molar-refractivity contribution is -0.135. The zero-order valence-electron chi connectivity index (χ0n) is 15.2. The molecule has 2 aliphatic heterocycles. The molecule has 7 heteroatoms. The molecule has 2 saturated heterocycles. The summed E-state index contributed by atoms with van der Waals surface area (Å²) in [4.78, 5) is 26.5. The van der Waals surface area contributed by atoms with Gasteiger partial charge in [0, 0.05) is 5.56 Å². The van der Waals surface area contributed by atoms with Crippen molar-refractivity contribution in [2.45, 2.75) is 25.0 Å². The smallest absolute Gasteiger partial charge is 0.416 e. The topological polar surface area (TPSA) is 59.1 Å². The van der Waals surface area contributed by atoms with Gasteiger partial charge in [0.2, 0.25) is 5.91 Å². The number of rotatable bonds is 5. The fourth-order valence-corrected chi connectivity index (χ4v) is 3.71. The Morgan fingerprint density at radius 2 is 1.96 bits per heavy atom. The minimum atomic E-state index is -1.27. The Labute approximate surface area is 160 Å². The minimum absolute atomic E-state index is 0.0134. The number of halogens is 2. The lowest BCUT2D eigenvalue weighted by Crippen LogP contribution is -2.46. The summed E-state index contributed by atoms with van der Waals surface area (Å²) in [5.74, 6) is -2.67. The van der Waals surface area contributed by atoms with E-state index in [4.69, 9.17) is 9.47 Å². The summed E-state index contributed by atoms with van der Waals surface area (Å²) in [5, 5.41) is 0. The zero-order chi connectivity index (χ0) is 19.9. The SMILES string of the molecule is CC(C(=O)N1C(=O)OC[C@@H]1Cc1ccccc1)C1(c2cc(F)ccc2F)CO1. The predicted molar refractivity (Wildman–Crippen MR) is 95.3 cm³/mol. The van der Waals surface area contributed by atoms with E-state index in [1.807, 2.05) is 30.3 Å². The van der Waals surface area contributed by atoms with E-state index in [0.717, 1.165) is 28.7 Å². The van der Waals surface area contributed by atoms with Crippen LogP contribution in [0, 0.1) is 17.6 Å². The summed E-state index contributed by atoms with van der Waals surface area (Å²) < 4.78 is 38.5. The van der Waals surface area contributed by atoms with Gasteiger partial charge in [-0.05, 0) is 30.2 Å². The molecule has 2 unspecified atom stereocenters. The van der Waals surface area contributed by atoms with E-state index in [1.165, 1.54) is 0 Å². The summed E-state index contributed by atoms with van der Waals surface area (Å²) in [7, 11) is 0. The molecule has 2 fully saturated rings. The molecule has 2 amide bonds. The number of hydrogen-bond donors (Lipinski definition) is 0. The van der Waals surface area contributed by atoms with Crippen molar-refractivity contribution in [1.82, 2.24) is 4.90 Å². The molecule has 0 spiro atoms. The van der Waals surface area contributed by atoms with E-state index in [1.54, 1.807) is 6.92 Å². The van der Waals surface area contributed by atoms with Crippen LogP contribution in [0.5, 0.6) is 0 Å². The number of imide groups is 1. The highest BCUT2D eigenvalue weighted by Crippen LogP contribution is 2.47. The number of carbonyl (C=O) groups excluding carboxylic acids is 2. The van der Waals surface area contributed by atoms with Crippen molar-refractivity contribution in [3.8, 4) is 0 Å². The number of benzene rings is 2. The number of cyclic esters (lactones) is 1. The lowest BCUT2D eigenvalue weighted by atomic mass is 9.85. The molecule has 3 atom stereocenters. The monoisotopic (exact) mass is 387 g/mol. The first-order chi connectivity index (χ1) is 13.4. The third-order valence-electron chi connectivity index (χ3n) is 5.42. The number of amides is 2. The summed E-state index contributed by atoms with van der Waals surface area (Å²) in [6, 6.07) is 12.0. The molecule has 2 aromatic rings. The molecule has 28 heavy (non-hydrogen) atoms. The standard InChI is InChI=1S/C21H19F2NO4/c1-13(21(12-28-21)17-10-15(22)7-8-18(17)23)19(25)24-16(11-27-20(24)26)9-14-5-3-2-4-6-14/h2-8,10,13,16H,9,11-12H2,1H3/t13?,16-,21?/m0/s1. The highest BCUT2D eigenvalue weighted by Gasteiger charge is 2.57. The molecule has 2 aromatic carbocycles. The van der Waals surface area contributed by atoms with Crippen LogP contribution in [0.2, 0.25) is 0 Å². The molecule has 2 aliphatic rings. The van der Waals surface area contributed by atoms with Gasteiger partial charge < -0.3 is 9.47 Å². The van der Waals surface area contributed by atoms with Gasteiger partial charge in [0.25, 0.3) is 0 Å². The zero-order valence-corrected chi connectivity index (χ0v) is 15.2. The summed E-state index contributed by atoms with van der Waals surface area (Å²) in [6.07, 6.45) is -0.277. The quantitative estimate of drug-likeness (QED) is 0.738. The summed E-state index contributed by atoms with van der Waals surface area (Å²) >= 11 is 0. The van der Waals surface area contributed by atoms with Gasteiger partial charge in [-0.3, -0.25) is 4.79 Å². The van der Waals surface area contributed by atoms with Gasteiger partial charge >= 0.3 is 6.09 Å². The van der Waals surface area contributed by atoms with Gasteiger partial charge in [0.1, 0.15) is 23.8 Å². The molecule has 0 radical (unpaired) electrons. The Morgan fingerprint density at radius 3 is 2.64 bits per heavy atom. The van der Waals surface area contributed by atoms with E-state index in [0.29, 0.717) is 6.42 Å². The van der Waals surface area contributed by atoms with Crippen molar-refractivity contribution < 1.29 is 27.8 Å². The molecule has 0 bridgehead atoms. The average Bonchev–Trinajstić information content (AvgIpc) is 3.42. The number of ether oxygens (including phenoxy) is 2. The second kappa shape index (κ2) is 6.98. The number of carbonyl (C=O) groups is 2. The van der Waals surface area contributed by atoms with Crippen molar-refractivity contribution in [2.75, 3.05) is 13.2 Å². The molecular weight excluding hydrogens is 368 g/mol. The first-order valence-electron chi connectivity index (χ1n) is 9.05. The molecule has 0 aromatic heterocycles. The van der Waals surface area contributed by atoms with Crippen LogP contribution in [0.3, 0.4) is 0 Å². The number of hydrogen-bond acceptors (Lipinski definition) is 4. The first-order valence-corrected chi connectivity index (χ1v) is 9.05. The van der Waals surface area contributed by atoms with E-state index < -0.39 is 41.2 Å². The third kappa shape index (κ3) is 3.16. The second-order valence-electron chi connectivity index (χ2n) is 7.15. The number of nitrogens with zero attached hydrogens (tertiary/aromatic N) is 1. The van der Waals surface area contributed by atoms with Gasteiger partial charge in [-0.2, -0.15) is 0 Å². The van der Waals surface area contributed by atoms with Gasteiger partial charge in [0.05, 0.1) is 18.6 Å². The van der Waals surface area contributed by atoms with Crippen molar-refractivity contribution in [3.05, 3.63) is 71.3 Å². The van der Waals surface area contributed by atoms with E-state index in [2.05, 4.69) is 0 Å². The Hall–Kier alpha value is -2.80. The summed E-state index contributed by atoms with van der Waals surface area (Å²) in [6.45, 7) is 1.73. The fraction of sp³-hybridized carbons (Fsp3) is 0.333. The fourth-order valence-electron chi connectivity index (χ4n) is 3.71. The van der Waals surface area contributed by atoms with Crippen LogP contribution in [-0.4, -0.2) is 36.2 Å². The number of epoxide rings is 1. The molecule has 0 saturated carbocycles. The normalized spacial score (nSPS) is 24.8. The minimum Gasteiger partial charge on any atom is -0.447 e. The maximum atomic E-state index is 14.3. The van der Waals surface area contributed by atoms with Crippen molar-refractivity contribution in [2.24, 2.45) is 5.92 Å². The predicted octanol–water partition coefficient (Wildman–Crippen LogP) is 3.42. The molecule has 0 aliphatic carbocycles. The van der Waals surface area contributed by atoms with E-state index in [-0.39, 0.29) is 18.8 Å². The van der Waals surface area contributed by atoms with E-state index >= 15 is 0 Å².